The smallest absolute Gasteiger partial charge is 0.318 e. The zero-order valence-corrected chi connectivity index (χ0v) is 11.8. The molecule has 106 valence electrons. The minimum atomic E-state index is -1.22. The van der Waals surface area contributed by atoms with E-state index in [0.717, 1.165) is 0 Å². The molecular formula is C14H15NO4S. The second kappa shape index (κ2) is 6.09. The Kier molecular flexibility index (Phi) is 4.44. The summed E-state index contributed by atoms with van der Waals surface area (Å²) in [5, 5.41) is 9.24. The molecule has 5 nitrogen and oxygen atoms in total. The number of hydrogen-bond acceptors (Lipinski definition) is 4. The van der Waals surface area contributed by atoms with Gasteiger partial charge >= 0.3 is 5.97 Å². The van der Waals surface area contributed by atoms with Gasteiger partial charge in [0.1, 0.15) is 5.92 Å². The van der Waals surface area contributed by atoms with Crippen LogP contribution in [-0.4, -0.2) is 45.8 Å². The highest BCUT2D eigenvalue weighted by molar-refractivity contribution is 7.99. The standard InChI is InChI=1S/C14H15NO4S/c1-20-12-7-11(17)15(12)8-10(16)13(14(18)19)9-5-3-2-4-6-9/h2-6,12-13H,7-8H2,1H3,(H,18,19). The summed E-state index contributed by atoms with van der Waals surface area (Å²) in [4.78, 5) is 36.5. The third-order valence-electron chi connectivity index (χ3n) is 3.32. The Morgan fingerprint density at radius 1 is 1.40 bits per heavy atom. The van der Waals surface area contributed by atoms with Crippen LogP contribution in [-0.2, 0) is 14.4 Å². The largest absolute Gasteiger partial charge is 0.480 e. The molecule has 2 unspecified atom stereocenters. The molecule has 0 bridgehead atoms. The molecule has 20 heavy (non-hydrogen) atoms. The number of carboxylic acid groups (broad SMARTS) is 1. The van der Waals surface area contributed by atoms with Crippen molar-refractivity contribution in [2.75, 3.05) is 12.8 Å². The number of carbonyl (C=O) groups is 3. The highest BCUT2D eigenvalue weighted by atomic mass is 32.2. The van der Waals surface area contributed by atoms with Gasteiger partial charge in [0, 0.05) is 0 Å². The molecule has 1 fully saturated rings. The quantitative estimate of drug-likeness (QED) is 0.633. The van der Waals surface area contributed by atoms with Crippen molar-refractivity contribution in [3.63, 3.8) is 0 Å². The Balaban J connectivity index is 2.13. The second-order valence-electron chi connectivity index (χ2n) is 4.56. The number of aliphatic carboxylic acids is 1. The van der Waals surface area contributed by atoms with E-state index in [-0.39, 0.29) is 17.8 Å². The van der Waals surface area contributed by atoms with Crippen molar-refractivity contribution in [1.29, 1.82) is 0 Å². The van der Waals surface area contributed by atoms with Crippen molar-refractivity contribution in [3.05, 3.63) is 35.9 Å². The summed E-state index contributed by atoms with van der Waals surface area (Å²) < 4.78 is 0. The van der Waals surface area contributed by atoms with Crippen molar-refractivity contribution < 1.29 is 19.5 Å². The first-order chi connectivity index (χ1) is 9.54. The summed E-state index contributed by atoms with van der Waals surface area (Å²) in [5.41, 5.74) is 0.443. The fourth-order valence-electron chi connectivity index (χ4n) is 2.20. The predicted octanol–water partition coefficient (Wildman–Crippen LogP) is 1.35. The van der Waals surface area contributed by atoms with Crippen LogP contribution in [0.4, 0.5) is 0 Å². The van der Waals surface area contributed by atoms with Crippen LogP contribution in [0, 0.1) is 0 Å². The second-order valence-corrected chi connectivity index (χ2v) is 5.58. The lowest BCUT2D eigenvalue weighted by molar-refractivity contribution is -0.149. The minimum Gasteiger partial charge on any atom is -0.480 e. The molecular weight excluding hydrogens is 278 g/mol. The first-order valence-corrected chi connectivity index (χ1v) is 7.46. The zero-order chi connectivity index (χ0) is 14.7. The Morgan fingerprint density at radius 3 is 2.55 bits per heavy atom. The van der Waals surface area contributed by atoms with Crippen molar-refractivity contribution in [3.8, 4) is 0 Å². The molecule has 1 amide bonds. The molecule has 1 saturated heterocycles. The van der Waals surface area contributed by atoms with Crippen LogP contribution in [0.3, 0.4) is 0 Å². The highest BCUT2D eigenvalue weighted by Gasteiger charge is 2.39. The number of carbonyl (C=O) groups excluding carboxylic acids is 2. The Labute approximate surface area is 121 Å². The molecule has 0 spiro atoms. The summed E-state index contributed by atoms with van der Waals surface area (Å²) >= 11 is 1.49. The molecule has 6 heteroatoms. The van der Waals surface area contributed by atoms with Crippen LogP contribution in [0.15, 0.2) is 30.3 Å². The summed E-state index contributed by atoms with van der Waals surface area (Å²) in [7, 11) is 0. The molecule has 0 aromatic heterocycles. The molecule has 1 aromatic rings. The normalized spacial score (nSPS) is 19.4. The van der Waals surface area contributed by atoms with E-state index in [0.29, 0.717) is 12.0 Å². The van der Waals surface area contributed by atoms with E-state index in [2.05, 4.69) is 0 Å². The third kappa shape index (κ3) is 2.85. The summed E-state index contributed by atoms with van der Waals surface area (Å²) in [6, 6.07) is 8.37. The van der Waals surface area contributed by atoms with Gasteiger partial charge in [0.05, 0.1) is 18.3 Å². The van der Waals surface area contributed by atoms with E-state index in [9.17, 15) is 19.5 Å². The van der Waals surface area contributed by atoms with Gasteiger partial charge < -0.3 is 10.0 Å². The van der Waals surface area contributed by atoms with Crippen LogP contribution >= 0.6 is 11.8 Å². The summed E-state index contributed by atoms with van der Waals surface area (Å²) in [5.74, 6) is -2.97. The van der Waals surface area contributed by atoms with Crippen LogP contribution in [0.2, 0.25) is 0 Å². The first kappa shape index (κ1) is 14.6. The van der Waals surface area contributed by atoms with Crippen molar-refractivity contribution >= 4 is 29.4 Å². The van der Waals surface area contributed by atoms with Crippen molar-refractivity contribution in [2.45, 2.75) is 17.7 Å². The van der Waals surface area contributed by atoms with Gasteiger partial charge in [-0.3, -0.25) is 14.4 Å². The van der Waals surface area contributed by atoms with Crippen LogP contribution in [0.5, 0.6) is 0 Å². The Morgan fingerprint density at radius 2 is 2.05 bits per heavy atom. The van der Waals surface area contributed by atoms with E-state index in [1.807, 2.05) is 6.26 Å². The lowest BCUT2D eigenvalue weighted by atomic mass is 9.94. The number of thioether (sulfide) groups is 1. The number of benzene rings is 1. The number of carboxylic acids is 1. The topological polar surface area (TPSA) is 74.7 Å². The number of likely N-dealkylation sites (tertiary alicyclic amines) is 1. The fourth-order valence-corrected chi connectivity index (χ4v) is 2.95. The number of ketones is 1. The molecule has 2 rings (SSSR count). The zero-order valence-electron chi connectivity index (χ0n) is 11.0. The minimum absolute atomic E-state index is 0.0170. The lowest BCUT2D eigenvalue weighted by Crippen LogP contribution is -2.53. The van der Waals surface area contributed by atoms with Gasteiger partial charge in [-0.2, -0.15) is 0 Å². The number of β-lactam (4-membered cyclic amide) rings is 1. The number of Topliss-reactive ketones (excluding diaryl/α,β-unsaturated/α-hetero) is 1. The molecule has 2 atom stereocenters. The molecule has 0 radical (unpaired) electrons. The van der Waals surface area contributed by atoms with Gasteiger partial charge in [-0.15, -0.1) is 11.8 Å². The lowest BCUT2D eigenvalue weighted by Gasteiger charge is -2.39. The first-order valence-electron chi connectivity index (χ1n) is 6.17. The molecule has 1 heterocycles. The predicted molar refractivity (Wildman–Crippen MR) is 75.5 cm³/mol. The van der Waals surface area contributed by atoms with Crippen LogP contribution in [0.1, 0.15) is 17.9 Å². The van der Waals surface area contributed by atoms with Gasteiger partial charge in [0.2, 0.25) is 5.91 Å². The maximum atomic E-state index is 12.2. The molecule has 1 aliphatic rings. The van der Waals surface area contributed by atoms with Gasteiger partial charge in [0.25, 0.3) is 0 Å². The van der Waals surface area contributed by atoms with Gasteiger partial charge in [-0.1, -0.05) is 30.3 Å². The van der Waals surface area contributed by atoms with Crippen LogP contribution < -0.4 is 0 Å². The molecule has 0 saturated carbocycles. The van der Waals surface area contributed by atoms with Gasteiger partial charge in [0.15, 0.2) is 5.78 Å². The maximum absolute atomic E-state index is 12.2. The average Bonchev–Trinajstić information content (AvgIpc) is 2.43. The fraction of sp³-hybridized carbons (Fsp3) is 0.357. The van der Waals surface area contributed by atoms with E-state index in [1.54, 1.807) is 30.3 Å². The highest BCUT2D eigenvalue weighted by Crippen LogP contribution is 2.28. The number of nitrogens with zero attached hydrogens (tertiary/aromatic N) is 1. The molecule has 0 aliphatic carbocycles. The van der Waals surface area contributed by atoms with Gasteiger partial charge in [-0.05, 0) is 11.8 Å². The Hall–Kier alpha value is -1.82. The molecule has 1 aliphatic heterocycles. The number of rotatable bonds is 6. The van der Waals surface area contributed by atoms with E-state index >= 15 is 0 Å². The monoisotopic (exact) mass is 293 g/mol. The van der Waals surface area contributed by atoms with Crippen molar-refractivity contribution in [2.24, 2.45) is 0 Å². The average molecular weight is 293 g/mol. The van der Waals surface area contributed by atoms with Crippen molar-refractivity contribution in [1.82, 2.24) is 4.90 Å². The SMILES string of the molecule is CSC1CC(=O)N1CC(=O)C(C(=O)O)c1ccccc1. The summed E-state index contributed by atoms with van der Waals surface area (Å²) in [6.45, 7) is -0.143. The van der Waals surface area contributed by atoms with E-state index in [4.69, 9.17) is 0 Å². The number of hydrogen-bond donors (Lipinski definition) is 1. The summed E-state index contributed by atoms with van der Waals surface area (Å²) in [6.07, 6.45) is 2.28. The third-order valence-corrected chi connectivity index (χ3v) is 4.28. The maximum Gasteiger partial charge on any atom is 0.318 e. The molecule has 1 aromatic carbocycles. The van der Waals surface area contributed by atoms with Gasteiger partial charge in [-0.25, -0.2) is 0 Å². The Bertz CT molecular complexity index is 531. The number of amides is 1. The van der Waals surface area contributed by atoms with E-state index < -0.39 is 17.7 Å². The van der Waals surface area contributed by atoms with E-state index in [1.165, 1.54) is 16.7 Å². The van der Waals surface area contributed by atoms with Crippen LogP contribution in [0.25, 0.3) is 0 Å². The molecule has 1 N–H and O–H groups in total.